The summed E-state index contributed by atoms with van der Waals surface area (Å²) in [5.41, 5.74) is 1.60. The number of amides is 1. The van der Waals surface area contributed by atoms with Crippen molar-refractivity contribution in [2.24, 2.45) is 0 Å². The van der Waals surface area contributed by atoms with Gasteiger partial charge >= 0.3 is 0 Å². The molecule has 0 atom stereocenters. The van der Waals surface area contributed by atoms with Crippen LogP contribution in [0.4, 0.5) is 0 Å². The molecule has 6 heteroatoms. The molecule has 1 aromatic heterocycles. The summed E-state index contributed by atoms with van der Waals surface area (Å²) in [4.78, 5) is 16.7. The van der Waals surface area contributed by atoms with Crippen LogP contribution in [0.5, 0.6) is 10.9 Å². The minimum absolute atomic E-state index is 0.144. The van der Waals surface area contributed by atoms with E-state index in [2.05, 4.69) is 14.7 Å². The Morgan fingerprint density at radius 3 is 2.68 bits per heavy atom. The zero-order valence-corrected chi connectivity index (χ0v) is 14.9. The predicted molar refractivity (Wildman–Crippen MR) is 98.1 cm³/mol. The monoisotopic (exact) mass is 353 g/mol. The molecule has 0 saturated heterocycles. The summed E-state index contributed by atoms with van der Waals surface area (Å²) >= 11 is 1.21. The zero-order chi connectivity index (χ0) is 17.6. The summed E-state index contributed by atoms with van der Waals surface area (Å²) in [6.07, 6.45) is 0. The van der Waals surface area contributed by atoms with E-state index in [0.29, 0.717) is 23.1 Å². The molecular formula is C19H19N3O2S. The Hall–Kier alpha value is -2.73. The summed E-state index contributed by atoms with van der Waals surface area (Å²) in [5, 5.41) is 3.38. The summed E-state index contributed by atoms with van der Waals surface area (Å²) in [7, 11) is 0. The quantitative estimate of drug-likeness (QED) is 0.714. The highest BCUT2D eigenvalue weighted by Gasteiger charge is 2.11. The lowest BCUT2D eigenvalue weighted by atomic mass is 10.2. The lowest BCUT2D eigenvalue weighted by Crippen LogP contribution is -2.22. The number of rotatable bonds is 6. The second-order valence-corrected chi connectivity index (χ2v) is 6.59. The van der Waals surface area contributed by atoms with Gasteiger partial charge in [-0.3, -0.25) is 4.79 Å². The fraction of sp³-hybridized carbons (Fsp3) is 0.211. The van der Waals surface area contributed by atoms with E-state index in [-0.39, 0.29) is 11.8 Å². The van der Waals surface area contributed by atoms with Crippen LogP contribution in [0.1, 0.15) is 41.5 Å². The molecule has 0 aliphatic rings. The van der Waals surface area contributed by atoms with Crippen molar-refractivity contribution in [3.8, 4) is 10.9 Å². The highest BCUT2D eigenvalue weighted by Crippen LogP contribution is 2.26. The van der Waals surface area contributed by atoms with Gasteiger partial charge in [-0.05, 0) is 23.8 Å². The second kappa shape index (κ2) is 7.90. The lowest BCUT2D eigenvalue weighted by Gasteiger charge is -2.07. The van der Waals surface area contributed by atoms with Crippen molar-refractivity contribution >= 4 is 17.4 Å². The van der Waals surface area contributed by atoms with Crippen LogP contribution in [0, 0.1) is 0 Å². The summed E-state index contributed by atoms with van der Waals surface area (Å²) < 4.78 is 9.99. The Morgan fingerprint density at radius 1 is 1.16 bits per heavy atom. The summed E-state index contributed by atoms with van der Waals surface area (Å²) in [6, 6.07) is 16.8. The van der Waals surface area contributed by atoms with Crippen molar-refractivity contribution in [2.45, 2.75) is 26.3 Å². The molecule has 0 saturated carbocycles. The maximum Gasteiger partial charge on any atom is 0.298 e. The second-order valence-electron chi connectivity index (χ2n) is 5.87. The third-order valence-electron chi connectivity index (χ3n) is 3.54. The largest absolute Gasteiger partial charge is 0.430 e. The first-order valence-corrected chi connectivity index (χ1v) is 8.83. The standard InChI is InChI=1S/C19H19N3O2S/c1-13(2)17-21-19(25-22-17)24-16-10-6-9-15(11-16)18(23)20-12-14-7-4-3-5-8-14/h3-11,13H,12H2,1-2H3,(H,20,23). The molecule has 3 rings (SSSR count). The topological polar surface area (TPSA) is 64.1 Å². The van der Waals surface area contributed by atoms with Crippen LogP contribution in [0.15, 0.2) is 54.6 Å². The number of ether oxygens (including phenoxy) is 1. The number of aromatic nitrogens is 2. The van der Waals surface area contributed by atoms with Crippen LogP contribution in [0.3, 0.4) is 0 Å². The Balaban J connectivity index is 1.65. The minimum atomic E-state index is -0.144. The number of hydrogen-bond acceptors (Lipinski definition) is 5. The first-order valence-electron chi connectivity index (χ1n) is 8.05. The molecule has 1 heterocycles. The number of hydrogen-bond donors (Lipinski definition) is 1. The van der Waals surface area contributed by atoms with Crippen LogP contribution >= 0.6 is 11.5 Å². The normalized spacial score (nSPS) is 10.7. The van der Waals surface area contributed by atoms with Crippen LogP contribution in [0.25, 0.3) is 0 Å². The van der Waals surface area contributed by atoms with E-state index in [0.717, 1.165) is 11.4 Å². The molecule has 0 aliphatic carbocycles. The molecule has 128 valence electrons. The average molecular weight is 353 g/mol. The molecule has 2 aromatic carbocycles. The fourth-order valence-electron chi connectivity index (χ4n) is 2.18. The van der Waals surface area contributed by atoms with E-state index >= 15 is 0 Å². The van der Waals surface area contributed by atoms with E-state index in [1.807, 2.05) is 44.2 Å². The van der Waals surface area contributed by atoms with E-state index in [4.69, 9.17) is 4.74 Å². The number of carbonyl (C=O) groups excluding carboxylic acids is 1. The summed E-state index contributed by atoms with van der Waals surface area (Å²) in [5.74, 6) is 1.44. The Bertz CT molecular complexity index is 847. The molecule has 0 spiro atoms. The Labute approximate surface area is 150 Å². The van der Waals surface area contributed by atoms with E-state index in [1.54, 1.807) is 24.3 Å². The number of nitrogens with one attached hydrogen (secondary N) is 1. The van der Waals surface area contributed by atoms with Crippen LogP contribution in [0.2, 0.25) is 0 Å². The van der Waals surface area contributed by atoms with Crippen LogP contribution in [-0.2, 0) is 6.54 Å². The fourth-order valence-corrected chi connectivity index (χ4v) is 2.87. The van der Waals surface area contributed by atoms with Gasteiger partial charge in [-0.25, -0.2) is 0 Å². The van der Waals surface area contributed by atoms with Gasteiger partial charge in [0.2, 0.25) is 0 Å². The van der Waals surface area contributed by atoms with Crippen LogP contribution in [-0.4, -0.2) is 15.3 Å². The summed E-state index contributed by atoms with van der Waals surface area (Å²) in [6.45, 7) is 4.55. The van der Waals surface area contributed by atoms with Gasteiger partial charge < -0.3 is 10.1 Å². The third kappa shape index (κ3) is 4.64. The smallest absolute Gasteiger partial charge is 0.298 e. The van der Waals surface area contributed by atoms with Gasteiger partial charge in [0, 0.05) is 29.6 Å². The van der Waals surface area contributed by atoms with Crippen molar-refractivity contribution < 1.29 is 9.53 Å². The zero-order valence-electron chi connectivity index (χ0n) is 14.1. The molecule has 1 N–H and O–H groups in total. The Morgan fingerprint density at radius 2 is 1.96 bits per heavy atom. The molecule has 0 aliphatic heterocycles. The van der Waals surface area contributed by atoms with E-state index in [1.165, 1.54) is 11.5 Å². The van der Waals surface area contributed by atoms with Gasteiger partial charge in [0.1, 0.15) is 11.6 Å². The first-order chi connectivity index (χ1) is 12.1. The van der Waals surface area contributed by atoms with Crippen molar-refractivity contribution in [3.05, 3.63) is 71.5 Å². The van der Waals surface area contributed by atoms with Crippen molar-refractivity contribution in [3.63, 3.8) is 0 Å². The van der Waals surface area contributed by atoms with Crippen molar-refractivity contribution in [1.82, 2.24) is 14.7 Å². The maximum absolute atomic E-state index is 12.3. The van der Waals surface area contributed by atoms with Crippen LogP contribution < -0.4 is 10.1 Å². The number of nitrogens with zero attached hydrogens (tertiary/aromatic N) is 2. The molecule has 3 aromatic rings. The molecule has 1 amide bonds. The third-order valence-corrected chi connectivity index (χ3v) is 4.15. The predicted octanol–water partition coefficient (Wildman–Crippen LogP) is 4.38. The molecule has 25 heavy (non-hydrogen) atoms. The molecule has 5 nitrogen and oxygen atoms in total. The van der Waals surface area contributed by atoms with Gasteiger partial charge in [-0.15, -0.1) is 0 Å². The molecule has 0 unspecified atom stereocenters. The highest BCUT2D eigenvalue weighted by molar-refractivity contribution is 7.07. The first kappa shape index (κ1) is 17.1. The highest BCUT2D eigenvalue weighted by atomic mass is 32.1. The number of carbonyl (C=O) groups is 1. The maximum atomic E-state index is 12.3. The van der Waals surface area contributed by atoms with Gasteiger partial charge in [0.25, 0.3) is 11.1 Å². The molecule has 0 radical (unpaired) electrons. The van der Waals surface area contributed by atoms with Gasteiger partial charge in [-0.1, -0.05) is 50.2 Å². The SMILES string of the molecule is CC(C)c1nsc(Oc2cccc(C(=O)NCc3ccccc3)c2)n1. The Kier molecular flexibility index (Phi) is 5.40. The van der Waals surface area contributed by atoms with Gasteiger partial charge in [0.05, 0.1) is 0 Å². The van der Waals surface area contributed by atoms with Crippen molar-refractivity contribution in [2.75, 3.05) is 0 Å². The van der Waals surface area contributed by atoms with E-state index in [9.17, 15) is 4.79 Å². The number of benzene rings is 2. The molecule has 0 fully saturated rings. The van der Waals surface area contributed by atoms with Crippen molar-refractivity contribution in [1.29, 1.82) is 0 Å². The van der Waals surface area contributed by atoms with E-state index < -0.39 is 0 Å². The average Bonchev–Trinajstić information content (AvgIpc) is 3.09. The van der Waals surface area contributed by atoms with Gasteiger partial charge in [0.15, 0.2) is 0 Å². The minimum Gasteiger partial charge on any atom is -0.430 e. The van der Waals surface area contributed by atoms with Gasteiger partial charge in [-0.2, -0.15) is 9.36 Å². The molecule has 0 bridgehead atoms. The molecular weight excluding hydrogens is 334 g/mol. The lowest BCUT2D eigenvalue weighted by molar-refractivity contribution is 0.0950.